The summed E-state index contributed by atoms with van der Waals surface area (Å²) in [5.41, 5.74) is -1.90. The van der Waals surface area contributed by atoms with Crippen LogP contribution in [0.5, 0.6) is 0 Å². The molecule has 3 fully saturated rings. The summed E-state index contributed by atoms with van der Waals surface area (Å²) in [6.45, 7) is 10.4. The van der Waals surface area contributed by atoms with E-state index in [1.54, 1.807) is 19.9 Å². The molecule has 0 aromatic heterocycles. The van der Waals surface area contributed by atoms with E-state index in [0.29, 0.717) is 19.3 Å². The molecule has 0 aromatic rings. The van der Waals surface area contributed by atoms with Crippen LogP contribution in [-0.2, 0) is 33.5 Å². The Morgan fingerprint density at radius 3 is 2.31 bits per heavy atom. The van der Waals surface area contributed by atoms with Crippen molar-refractivity contribution >= 4 is 35.3 Å². The van der Waals surface area contributed by atoms with Crippen molar-refractivity contribution in [3.8, 4) is 0 Å². The third-order valence-corrected chi connectivity index (χ3v) is 12.0. The highest BCUT2D eigenvalue weighted by Crippen LogP contribution is 2.67. The summed E-state index contributed by atoms with van der Waals surface area (Å²) >= 11 is 0. The molecule has 4 aliphatic carbocycles. The molecule has 9 atom stereocenters. The van der Waals surface area contributed by atoms with Crippen LogP contribution in [0.25, 0.3) is 0 Å². The van der Waals surface area contributed by atoms with Crippen molar-refractivity contribution in [2.45, 2.75) is 130 Å². The number of allylic oxidation sites excluding steroid dienone is 1. The summed E-state index contributed by atoms with van der Waals surface area (Å²) in [7, 11) is 0. The van der Waals surface area contributed by atoms with Crippen molar-refractivity contribution in [3.05, 3.63) is 11.6 Å². The van der Waals surface area contributed by atoms with Crippen LogP contribution >= 0.6 is 0 Å². The normalized spacial score (nSPS) is 33.9. The minimum absolute atomic E-state index is 0.0162. The van der Waals surface area contributed by atoms with Crippen molar-refractivity contribution in [1.29, 1.82) is 0 Å². The average molecular weight is 675 g/mol. The van der Waals surface area contributed by atoms with E-state index < -0.39 is 65.3 Å². The number of carbonyl (C=O) groups excluding carboxylic acids is 5. The summed E-state index contributed by atoms with van der Waals surface area (Å²) < 4.78 is 5.23. The molecule has 0 saturated heterocycles. The molecule has 0 aliphatic heterocycles. The van der Waals surface area contributed by atoms with Crippen LogP contribution in [0.15, 0.2) is 11.6 Å². The summed E-state index contributed by atoms with van der Waals surface area (Å²) in [6, 6.07) is -2.12. The molecule has 0 radical (unpaired) electrons. The second kappa shape index (κ2) is 14.4. The first-order valence-corrected chi connectivity index (χ1v) is 17.5. The molecule has 2 amide bonds. The number of carbonyl (C=O) groups is 6. The molecule has 48 heavy (non-hydrogen) atoms. The molecule has 0 aromatic carbocycles. The number of aliphatic hydroxyl groups excluding tert-OH is 1. The van der Waals surface area contributed by atoms with Gasteiger partial charge in [-0.1, -0.05) is 47.1 Å². The first-order valence-electron chi connectivity index (χ1n) is 17.5. The van der Waals surface area contributed by atoms with E-state index in [1.165, 1.54) is 0 Å². The standard InChI is InChI=1S/C36H54N2O10/c1-19(2)15-25(33(45)46)37-32(44)31(20(3)4)38-28(42)9-10-29(43)48-18-27(41)36(47)14-12-24-23-8-7-21-16-22(39)11-13-34(21,5)30(23)26(40)17-35(24,36)6/h16,19-20,23-26,30-31,40,47H,7-15,17-18H2,1-6H3,(H,37,44)(H,38,42)(H,45,46)/t23-,24+,25-,26+,30+,31+,34+,35+,36+/m1/s1. The number of rotatable bonds is 13. The van der Waals surface area contributed by atoms with Gasteiger partial charge < -0.3 is 30.7 Å². The maximum Gasteiger partial charge on any atom is 0.326 e. The third-order valence-electron chi connectivity index (χ3n) is 12.0. The molecular weight excluding hydrogens is 620 g/mol. The lowest BCUT2D eigenvalue weighted by Crippen LogP contribution is -2.62. The number of nitrogens with one attached hydrogen (secondary N) is 2. The molecule has 0 spiro atoms. The number of aliphatic carboxylic acids is 1. The number of Topliss-reactive ketones (excluding diaryl/α,β-unsaturated/α-hetero) is 1. The smallest absolute Gasteiger partial charge is 0.326 e. The van der Waals surface area contributed by atoms with Gasteiger partial charge in [-0.05, 0) is 86.0 Å². The maximum atomic E-state index is 13.5. The monoisotopic (exact) mass is 674 g/mol. The summed E-state index contributed by atoms with van der Waals surface area (Å²) in [4.78, 5) is 75.4. The fraction of sp³-hybridized carbons (Fsp3) is 0.778. The van der Waals surface area contributed by atoms with E-state index in [9.17, 15) is 44.1 Å². The zero-order valence-electron chi connectivity index (χ0n) is 29.2. The van der Waals surface area contributed by atoms with E-state index in [1.807, 2.05) is 20.8 Å². The van der Waals surface area contributed by atoms with Gasteiger partial charge in [-0.3, -0.25) is 24.0 Å². The number of amides is 2. The predicted octanol–water partition coefficient (Wildman–Crippen LogP) is 2.87. The number of ketones is 2. The van der Waals surface area contributed by atoms with E-state index in [0.717, 1.165) is 18.4 Å². The highest BCUT2D eigenvalue weighted by Gasteiger charge is 2.68. The number of ether oxygens (including phenoxy) is 1. The van der Waals surface area contributed by atoms with E-state index in [2.05, 4.69) is 17.6 Å². The van der Waals surface area contributed by atoms with Crippen molar-refractivity contribution in [2.24, 2.45) is 40.4 Å². The Hall–Kier alpha value is -3.12. The maximum absolute atomic E-state index is 13.5. The van der Waals surface area contributed by atoms with Gasteiger partial charge in [-0.2, -0.15) is 0 Å². The number of fused-ring (bicyclic) bond motifs is 5. The molecule has 0 bridgehead atoms. The average Bonchev–Trinajstić information content (AvgIpc) is 3.27. The number of aliphatic hydroxyl groups is 2. The Morgan fingerprint density at radius 2 is 1.69 bits per heavy atom. The van der Waals surface area contributed by atoms with Gasteiger partial charge in [-0.15, -0.1) is 0 Å². The molecule has 12 heteroatoms. The zero-order valence-corrected chi connectivity index (χ0v) is 29.2. The number of esters is 1. The van der Waals surface area contributed by atoms with Gasteiger partial charge in [0.2, 0.25) is 17.6 Å². The molecule has 4 rings (SSSR count). The first kappa shape index (κ1) is 37.7. The molecule has 12 nitrogen and oxygen atoms in total. The van der Waals surface area contributed by atoms with Crippen LogP contribution < -0.4 is 10.6 Å². The van der Waals surface area contributed by atoms with Gasteiger partial charge >= 0.3 is 11.9 Å². The molecule has 5 N–H and O–H groups in total. The van der Waals surface area contributed by atoms with E-state index >= 15 is 0 Å². The van der Waals surface area contributed by atoms with Crippen molar-refractivity contribution < 1.29 is 48.8 Å². The number of carboxylic acid groups (broad SMARTS) is 1. The summed E-state index contributed by atoms with van der Waals surface area (Å²) in [5, 5.41) is 38.0. The van der Waals surface area contributed by atoms with Crippen LogP contribution in [0.3, 0.4) is 0 Å². The third kappa shape index (κ3) is 7.25. The lowest BCUT2D eigenvalue weighted by atomic mass is 9.45. The van der Waals surface area contributed by atoms with Crippen molar-refractivity contribution in [1.82, 2.24) is 10.6 Å². The number of carboxylic acids is 1. The fourth-order valence-corrected chi connectivity index (χ4v) is 9.44. The molecular formula is C36H54N2O10. The molecule has 0 heterocycles. The van der Waals surface area contributed by atoms with E-state index in [4.69, 9.17) is 4.74 Å². The Kier molecular flexibility index (Phi) is 11.3. The molecule has 4 aliphatic rings. The van der Waals surface area contributed by atoms with Gasteiger partial charge in [0, 0.05) is 18.3 Å². The fourth-order valence-electron chi connectivity index (χ4n) is 9.44. The summed E-state index contributed by atoms with van der Waals surface area (Å²) in [5.74, 6) is -4.07. The van der Waals surface area contributed by atoms with Crippen molar-refractivity contribution in [3.63, 3.8) is 0 Å². The Bertz CT molecular complexity index is 1340. The quantitative estimate of drug-likeness (QED) is 0.181. The highest BCUT2D eigenvalue weighted by molar-refractivity contribution is 5.93. The largest absolute Gasteiger partial charge is 0.480 e. The second-order valence-electron chi connectivity index (χ2n) is 15.9. The van der Waals surface area contributed by atoms with Gasteiger partial charge in [0.25, 0.3) is 0 Å². The Balaban J connectivity index is 1.32. The predicted molar refractivity (Wildman–Crippen MR) is 174 cm³/mol. The number of hydrogen-bond donors (Lipinski definition) is 5. The minimum Gasteiger partial charge on any atom is -0.480 e. The van der Waals surface area contributed by atoms with Gasteiger partial charge in [0.15, 0.2) is 12.4 Å². The van der Waals surface area contributed by atoms with Gasteiger partial charge in [0.05, 0.1) is 12.5 Å². The topological polar surface area (TPSA) is 196 Å². The lowest BCUT2D eigenvalue weighted by molar-refractivity contribution is -0.184. The summed E-state index contributed by atoms with van der Waals surface area (Å²) in [6.07, 6.45) is 4.21. The lowest BCUT2D eigenvalue weighted by Gasteiger charge is -2.60. The SMILES string of the molecule is CC(C)C[C@@H](NC(=O)[C@@H](NC(=O)CCC(=O)OCC(=O)[C@@]1(O)CC[C@H]2[C@H]3CCC4=CC(=O)CC[C@]4(C)[C@@H]3[C@@H](O)C[C@@]21C)C(C)C)C(=O)O. The molecule has 268 valence electrons. The molecule has 3 saturated carbocycles. The minimum atomic E-state index is -1.79. The van der Waals surface area contributed by atoms with Crippen LogP contribution in [0, 0.1) is 40.4 Å². The second-order valence-corrected chi connectivity index (χ2v) is 15.9. The van der Waals surface area contributed by atoms with Gasteiger partial charge in [-0.25, -0.2) is 4.79 Å². The first-order chi connectivity index (χ1) is 22.3. The van der Waals surface area contributed by atoms with Crippen LogP contribution in [0.1, 0.15) is 106 Å². The van der Waals surface area contributed by atoms with Crippen molar-refractivity contribution in [2.75, 3.05) is 6.61 Å². The Morgan fingerprint density at radius 1 is 1.00 bits per heavy atom. The van der Waals surface area contributed by atoms with E-state index in [-0.39, 0.29) is 72.9 Å². The molecule has 0 unspecified atom stereocenters. The van der Waals surface area contributed by atoms with Crippen LogP contribution in [0.2, 0.25) is 0 Å². The highest BCUT2D eigenvalue weighted by atomic mass is 16.5. The van der Waals surface area contributed by atoms with Crippen LogP contribution in [0.4, 0.5) is 0 Å². The van der Waals surface area contributed by atoms with Crippen LogP contribution in [-0.4, -0.2) is 81.0 Å². The number of hydrogen-bond acceptors (Lipinski definition) is 9. The Labute approximate surface area is 282 Å². The zero-order chi connectivity index (χ0) is 35.8. The van der Waals surface area contributed by atoms with Gasteiger partial charge in [0.1, 0.15) is 17.7 Å².